The molecule has 4 aliphatic heterocycles. The Labute approximate surface area is 253 Å². The van der Waals surface area contributed by atoms with Crippen molar-refractivity contribution in [3.63, 3.8) is 0 Å². The van der Waals surface area contributed by atoms with Crippen LogP contribution < -0.4 is 27.0 Å². The number of rotatable bonds is 5. The van der Waals surface area contributed by atoms with Crippen LogP contribution in [0.1, 0.15) is 41.8 Å². The monoisotopic (exact) mass is 601 g/mol. The molecule has 14 heteroatoms. The van der Waals surface area contributed by atoms with Gasteiger partial charge in [-0.15, -0.1) is 0 Å². The van der Waals surface area contributed by atoms with Crippen LogP contribution in [0.3, 0.4) is 0 Å². The minimum Gasteiger partial charge on any atom is -0.370 e. The Hall–Kier alpha value is -4.69. The van der Waals surface area contributed by atoms with Gasteiger partial charge in [-0.3, -0.25) is 19.4 Å². The van der Waals surface area contributed by atoms with E-state index in [0.29, 0.717) is 11.3 Å². The van der Waals surface area contributed by atoms with E-state index in [9.17, 15) is 24.6 Å². The van der Waals surface area contributed by atoms with Crippen molar-refractivity contribution in [2.45, 2.75) is 61.7 Å². The van der Waals surface area contributed by atoms with E-state index in [2.05, 4.69) is 34.5 Å². The second-order valence-corrected chi connectivity index (χ2v) is 12.7. The first-order valence-corrected chi connectivity index (χ1v) is 14.6. The van der Waals surface area contributed by atoms with E-state index < -0.39 is 47.4 Å². The van der Waals surface area contributed by atoms with E-state index in [4.69, 9.17) is 11.5 Å². The van der Waals surface area contributed by atoms with Gasteiger partial charge in [0, 0.05) is 17.8 Å². The molecule has 1 aliphatic carbocycles. The van der Waals surface area contributed by atoms with Gasteiger partial charge in [-0.25, -0.2) is 14.8 Å². The summed E-state index contributed by atoms with van der Waals surface area (Å²) in [6, 6.07) is 10.6. The maximum Gasteiger partial charge on any atom is 0.331 e. The third-order valence-corrected chi connectivity index (χ3v) is 9.69. The molecule has 2 aromatic rings. The number of hydrogen-bond acceptors (Lipinski definition) is 11. The predicted molar refractivity (Wildman–Crippen MR) is 161 cm³/mol. The predicted octanol–water partition coefficient (Wildman–Crippen LogP) is -0.846. The topological polar surface area (TPSA) is 202 Å². The zero-order valence-electron chi connectivity index (χ0n) is 24.4. The average molecular weight is 602 g/mol. The molecular formula is C30H35N9O5. The Balaban J connectivity index is 1.18. The third kappa shape index (κ3) is 3.83. The number of aryl methyl sites for hydroxylation is 1. The van der Waals surface area contributed by atoms with Crippen LogP contribution in [0.25, 0.3) is 0 Å². The highest BCUT2D eigenvalue weighted by molar-refractivity contribution is 6.12. The first-order chi connectivity index (χ1) is 20.8. The summed E-state index contributed by atoms with van der Waals surface area (Å²) in [5.41, 5.74) is 13.6. The van der Waals surface area contributed by atoms with Gasteiger partial charge in [0.15, 0.2) is 17.6 Å². The highest BCUT2D eigenvalue weighted by atomic mass is 16.5. The second kappa shape index (κ2) is 9.40. The van der Waals surface area contributed by atoms with Crippen LogP contribution in [-0.4, -0.2) is 99.0 Å². The number of nitrogens with one attached hydrogen (secondary N) is 2. The maximum absolute atomic E-state index is 13.7. The lowest BCUT2D eigenvalue weighted by atomic mass is 9.83. The summed E-state index contributed by atoms with van der Waals surface area (Å²) >= 11 is 0. The molecule has 1 spiro atoms. The Morgan fingerprint density at radius 2 is 1.84 bits per heavy atom. The summed E-state index contributed by atoms with van der Waals surface area (Å²) in [6.07, 6.45) is 1.76. The van der Waals surface area contributed by atoms with E-state index in [1.165, 1.54) is 9.80 Å². The molecule has 2 fully saturated rings. The van der Waals surface area contributed by atoms with E-state index in [-0.39, 0.29) is 37.0 Å². The minimum absolute atomic E-state index is 0.0754. The Morgan fingerprint density at radius 1 is 1.09 bits per heavy atom. The molecule has 0 aromatic heterocycles. The number of carbonyl (C=O) groups excluding carboxylic acids is 3. The fourth-order valence-electron chi connectivity index (χ4n) is 7.56. The summed E-state index contributed by atoms with van der Waals surface area (Å²) in [4.78, 5) is 52.9. The van der Waals surface area contributed by atoms with Crippen molar-refractivity contribution in [1.29, 1.82) is 0 Å². The number of hydrogen-bond donors (Lipinski definition) is 6. The zero-order valence-corrected chi connectivity index (χ0v) is 24.4. The first kappa shape index (κ1) is 28.1. The number of carbonyl (C=O) groups is 3. The summed E-state index contributed by atoms with van der Waals surface area (Å²) < 4.78 is 0. The van der Waals surface area contributed by atoms with Crippen LogP contribution in [0.5, 0.6) is 0 Å². The highest BCUT2D eigenvalue weighted by Gasteiger charge is 2.73. The number of nitrogens with zero attached hydrogens (tertiary/aromatic N) is 5. The number of amides is 4. The van der Waals surface area contributed by atoms with E-state index in [1.54, 1.807) is 30.3 Å². The molecule has 0 radical (unpaired) electrons. The molecule has 4 atom stereocenters. The molecule has 230 valence electrons. The number of fused-ring (bicyclic) bond motifs is 1. The quantitative estimate of drug-likeness (QED) is 0.186. The SMILES string of the molecule is CC1(C)CCc2cccc(C(=O)NC3CN4C(N)=N[C@@H](CN5C(=O)CN(c6ccccc6)C5=O)C5N=C(N)NC54C3(O)O)c21. The molecule has 2 aromatic carbocycles. The number of para-hydroxylation sites is 1. The standard InChI is InChI=1S/C30H35N9O5/c1-28(2)12-11-16-7-6-10-18(22(16)28)24(41)34-20-14-39-26(32)33-19(23-29(39,30(20,43)44)36-25(31)35-23)13-38-21(40)15-37(27(38)42)17-8-4-3-5-9-17/h3-10,19-20,23,43-44H,11-15H2,1-2H3,(H2,32,33)(H,34,41)(H3,31,35,36)/t19-,20?,23?,29?/m0/s1. The maximum atomic E-state index is 13.7. The van der Waals surface area contributed by atoms with Gasteiger partial charge in [0.2, 0.25) is 5.79 Å². The van der Waals surface area contributed by atoms with E-state index >= 15 is 0 Å². The van der Waals surface area contributed by atoms with Crippen molar-refractivity contribution in [3.8, 4) is 0 Å². The molecule has 4 amide bonds. The van der Waals surface area contributed by atoms with Crippen LogP contribution in [0.4, 0.5) is 10.5 Å². The Bertz CT molecular complexity index is 1640. The Kier molecular flexibility index (Phi) is 6.01. The van der Waals surface area contributed by atoms with Crippen LogP contribution >= 0.6 is 0 Å². The van der Waals surface area contributed by atoms with Crippen LogP contribution in [0, 0.1) is 0 Å². The second-order valence-electron chi connectivity index (χ2n) is 12.7. The van der Waals surface area contributed by atoms with Crippen molar-refractivity contribution < 1.29 is 24.6 Å². The molecule has 0 saturated carbocycles. The molecule has 8 N–H and O–H groups in total. The lowest BCUT2D eigenvalue weighted by Crippen LogP contribution is -2.78. The number of anilines is 1. The van der Waals surface area contributed by atoms with Crippen molar-refractivity contribution >= 4 is 35.5 Å². The van der Waals surface area contributed by atoms with E-state index in [0.717, 1.165) is 28.9 Å². The smallest absolute Gasteiger partial charge is 0.331 e. The number of benzene rings is 2. The number of aliphatic imine (C=N–C) groups is 2. The molecule has 3 unspecified atom stereocenters. The molecule has 5 aliphatic rings. The number of urea groups is 1. The fraction of sp³-hybridized carbons (Fsp3) is 0.433. The molecule has 4 heterocycles. The van der Waals surface area contributed by atoms with Gasteiger partial charge in [0.25, 0.3) is 11.8 Å². The number of aliphatic hydroxyl groups is 2. The zero-order chi connectivity index (χ0) is 31.2. The van der Waals surface area contributed by atoms with Crippen molar-refractivity contribution in [2.75, 3.05) is 24.5 Å². The first-order valence-electron chi connectivity index (χ1n) is 14.6. The third-order valence-electron chi connectivity index (χ3n) is 9.69. The van der Waals surface area contributed by atoms with Crippen LogP contribution in [-0.2, 0) is 16.6 Å². The normalized spacial score (nSPS) is 29.5. The van der Waals surface area contributed by atoms with Gasteiger partial charge in [-0.05, 0) is 47.6 Å². The van der Waals surface area contributed by atoms with Crippen LogP contribution in [0.15, 0.2) is 58.5 Å². The minimum atomic E-state index is -2.65. The highest BCUT2D eigenvalue weighted by Crippen LogP contribution is 2.46. The van der Waals surface area contributed by atoms with E-state index in [1.807, 2.05) is 18.2 Å². The number of guanidine groups is 2. The molecular weight excluding hydrogens is 566 g/mol. The van der Waals surface area contributed by atoms with Gasteiger partial charge in [-0.2, -0.15) is 0 Å². The summed E-state index contributed by atoms with van der Waals surface area (Å²) in [6.45, 7) is 3.68. The largest absolute Gasteiger partial charge is 0.370 e. The lowest BCUT2D eigenvalue weighted by Gasteiger charge is -2.49. The summed E-state index contributed by atoms with van der Waals surface area (Å²) in [5.74, 6) is -3.72. The van der Waals surface area contributed by atoms with Crippen molar-refractivity contribution in [1.82, 2.24) is 20.4 Å². The fourth-order valence-corrected chi connectivity index (χ4v) is 7.56. The molecule has 2 saturated heterocycles. The van der Waals surface area contributed by atoms with Gasteiger partial charge in [0.05, 0.1) is 12.6 Å². The van der Waals surface area contributed by atoms with Gasteiger partial charge in [0.1, 0.15) is 18.6 Å². The van der Waals surface area contributed by atoms with Crippen molar-refractivity contribution in [2.24, 2.45) is 21.5 Å². The van der Waals surface area contributed by atoms with Gasteiger partial charge < -0.3 is 37.2 Å². The molecule has 0 bridgehead atoms. The van der Waals surface area contributed by atoms with Crippen molar-refractivity contribution in [3.05, 3.63) is 65.2 Å². The summed E-state index contributed by atoms with van der Waals surface area (Å²) in [5, 5.41) is 29.4. The molecule has 44 heavy (non-hydrogen) atoms. The Morgan fingerprint density at radius 3 is 2.59 bits per heavy atom. The molecule has 7 rings (SSSR count). The number of imide groups is 1. The lowest BCUT2D eigenvalue weighted by molar-refractivity contribution is -0.230. The summed E-state index contributed by atoms with van der Waals surface area (Å²) in [7, 11) is 0. The molecule has 14 nitrogen and oxygen atoms in total. The number of nitrogens with two attached hydrogens (primary N) is 2. The average Bonchev–Trinajstić information content (AvgIpc) is 3.66. The van der Waals surface area contributed by atoms with Gasteiger partial charge >= 0.3 is 6.03 Å². The van der Waals surface area contributed by atoms with Gasteiger partial charge in [-0.1, -0.05) is 44.2 Å². The van der Waals surface area contributed by atoms with Crippen LogP contribution in [0.2, 0.25) is 0 Å².